The number of hydrogen-bond donors (Lipinski definition) is 1. The highest BCUT2D eigenvalue weighted by molar-refractivity contribution is 5.53. The summed E-state index contributed by atoms with van der Waals surface area (Å²) in [6.45, 7) is 2.71. The van der Waals surface area contributed by atoms with Crippen LogP contribution < -0.4 is 5.32 Å². The minimum Gasteiger partial charge on any atom is -0.385 e. The number of unbranched alkanes of at least 4 members (excludes halogenated alkanes) is 1. The molecule has 0 saturated heterocycles. The molecule has 1 aromatic rings. The summed E-state index contributed by atoms with van der Waals surface area (Å²) in [7, 11) is 0. The van der Waals surface area contributed by atoms with Gasteiger partial charge in [0, 0.05) is 12.2 Å². The van der Waals surface area contributed by atoms with Gasteiger partial charge in [0.2, 0.25) is 0 Å². The van der Waals surface area contributed by atoms with E-state index in [1.165, 1.54) is 12.1 Å². The molecule has 0 atom stereocenters. The van der Waals surface area contributed by atoms with E-state index in [1.54, 1.807) is 6.07 Å². The summed E-state index contributed by atoms with van der Waals surface area (Å²) in [6, 6.07) is 5.09. The Kier molecular flexibility index (Phi) is 4.38. The molecule has 0 heterocycles. The first-order valence-electron chi connectivity index (χ1n) is 5.34. The van der Waals surface area contributed by atoms with Crippen molar-refractivity contribution in [2.45, 2.75) is 25.9 Å². The highest BCUT2D eigenvalue weighted by atomic mass is 19.4. The first-order valence-corrected chi connectivity index (χ1v) is 5.34. The predicted octanol–water partition coefficient (Wildman–Crippen LogP) is 3.79. The second-order valence-electron chi connectivity index (χ2n) is 3.65. The van der Waals surface area contributed by atoms with E-state index < -0.39 is 11.7 Å². The fourth-order valence-electron chi connectivity index (χ4n) is 1.40. The third-order valence-electron chi connectivity index (χ3n) is 2.30. The molecule has 0 amide bonds. The molecule has 92 valence electrons. The van der Waals surface area contributed by atoms with Crippen LogP contribution in [-0.4, -0.2) is 6.54 Å². The zero-order chi connectivity index (χ0) is 12.9. The number of nitriles is 1. The molecule has 0 radical (unpaired) electrons. The van der Waals surface area contributed by atoms with Crippen molar-refractivity contribution in [1.82, 2.24) is 0 Å². The monoisotopic (exact) mass is 242 g/mol. The quantitative estimate of drug-likeness (QED) is 0.815. The number of anilines is 1. The Balaban J connectivity index is 2.90. The molecule has 17 heavy (non-hydrogen) atoms. The van der Waals surface area contributed by atoms with E-state index in [4.69, 9.17) is 5.26 Å². The number of benzene rings is 1. The first-order chi connectivity index (χ1) is 7.99. The summed E-state index contributed by atoms with van der Waals surface area (Å²) < 4.78 is 37.5. The lowest BCUT2D eigenvalue weighted by atomic mass is 10.1. The Morgan fingerprint density at radius 3 is 2.59 bits per heavy atom. The summed E-state index contributed by atoms with van der Waals surface area (Å²) in [5, 5.41) is 11.7. The van der Waals surface area contributed by atoms with Gasteiger partial charge in [-0.3, -0.25) is 0 Å². The Morgan fingerprint density at radius 1 is 1.35 bits per heavy atom. The van der Waals surface area contributed by atoms with Crippen LogP contribution in [0.1, 0.15) is 30.9 Å². The maximum Gasteiger partial charge on any atom is 0.417 e. The first kappa shape index (κ1) is 13.4. The molecule has 0 aromatic heterocycles. The van der Waals surface area contributed by atoms with E-state index in [9.17, 15) is 13.2 Å². The molecule has 0 spiro atoms. The molecular formula is C12H13F3N2. The summed E-state index contributed by atoms with van der Waals surface area (Å²) in [6.07, 6.45) is -2.55. The van der Waals surface area contributed by atoms with Crippen LogP contribution >= 0.6 is 0 Å². The van der Waals surface area contributed by atoms with Gasteiger partial charge in [0.1, 0.15) is 0 Å². The summed E-state index contributed by atoms with van der Waals surface area (Å²) in [5.41, 5.74) is -0.692. The molecule has 2 nitrogen and oxygen atoms in total. The molecule has 1 rings (SSSR count). The van der Waals surface area contributed by atoms with Crippen LogP contribution in [-0.2, 0) is 6.18 Å². The Hall–Kier alpha value is -1.70. The molecule has 0 bridgehead atoms. The summed E-state index contributed by atoms with van der Waals surface area (Å²) in [4.78, 5) is 0. The number of alkyl halides is 3. The van der Waals surface area contributed by atoms with E-state index in [2.05, 4.69) is 5.32 Å². The molecule has 0 aliphatic heterocycles. The molecule has 0 saturated carbocycles. The zero-order valence-corrected chi connectivity index (χ0v) is 9.43. The van der Waals surface area contributed by atoms with Crippen LogP contribution in [0.5, 0.6) is 0 Å². The van der Waals surface area contributed by atoms with Crippen LogP contribution in [0.15, 0.2) is 18.2 Å². The summed E-state index contributed by atoms with van der Waals surface area (Å²) >= 11 is 0. The van der Waals surface area contributed by atoms with E-state index in [0.29, 0.717) is 12.2 Å². The van der Waals surface area contributed by atoms with Crippen molar-refractivity contribution < 1.29 is 13.2 Å². The maximum atomic E-state index is 12.5. The van der Waals surface area contributed by atoms with Crippen molar-refractivity contribution >= 4 is 5.69 Å². The van der Waals surface area contributed by atoms with Gasteiger partial charge in [0.25, 0.3) is 0 Å². The van der Waals surface area contributed by atoms with Crippen molar-refractivity contribution in [3.8, 4) is 6.07 Å². The van der Waals surface area contributed by atoms with Crippen molar-refractivity contribution in [2.75, 3.05) is 11.9 Å². The molecule has 1 N–H and O–H groups in total. The highest BCUT2D eigenvalue weighted by Crippen LogP contribution is 2.32. The lowest BCUT2D eigenvalue weighted by Gasteiger charge is -2.11. The van der Waals surface area contributed by atoms with E-state index in [-0.39, 0.29) is 5.56 Å². The molecule has 5 heteroatoms. The van der Waals surface area contributed by atoms with Gasteiger partial charge in [0.05, 0.1) is 17.2 Å². The highest BCUT2D eigenvalue weighted by Gasteiger charge is 2.33. The van der Waals surface area contributed by atoms with Gasteiger partial charge in [0.15, 0.2) is 0 Å². The van der Waals surface area contributed by atoms with Gasteiger partial charge in [-0.2, -0.15) is 18.4 Å². The largest absolute Gasteiger partial charge is 0.417 e. The smallest absolute Gasteiger partial charge is 0.385 e. The van der Waals surface area contributed by atoms with Crippen LogP contribution in [0.3, 0.4) is 0 Å². The van der Waals surface area contributed by atoms with E-state index in [0.717, 1.165) is 18.9 Å². The Bertz CT molecular complexity index is 419. The lowest BCUT2D eigenvalue weighted by molar-refractivity contribution is -0.137. The lowest BCUT2D eigenvalue weighted by Crippen LogP contribution is -2.09. The minimum atomic E-state index is -4.48. The van der Waals surface area contributed by atoms with Crippen LogP contribution in [0.2, 0.25) is 0 Å². The van der Waals surface area contributed by atoms with Gasteiger partial charge in [-0.15, -0.1) is 0 Å². The fourth-order valence-corrected chi connectivity index (χ4v) is 1.40. The van der Waals surface area contributed by atoms with Crippen molar-refractivity contribution in [3.05, 3.63) is 29.3 Å². The predicted molar refractivity (Wildman–Crippen MR) is 59.6 cm³/mol. The van der Waals surface area contributed by atoms with Crippen molar-refractivity contribution in [1.29, 1.82) is 5.26 Å². The Labute approximate surface area is 98.1 Å². The maximum absolute atomic E-state index is 12.5. The van der Waals surface area contributed by atoms with Gasteiger partial charge in [-0.1, -0.05) is 13.3 Å². The average molecular weight is 242 g/mol. The molecule has 1 aromatic carbocycles. The normalized spacial score (nSPS) is 11.0. The molecule has 0 fully saturated rings. The number of rotatable bonds is 4. The SMILES string of the molecule is CCCCNc1ccc(C(F)(F)F)c(C#N)c1. The average Bonchev–Trinajstić information content (AvgIpc) is 2.28. The van der Waals surface area contributed by atoms with Crippen molar-refractivity contribution in [3.63, 3.8) is 0 Å². The standard InChI is InChI=1S/C12H13F3N2/c1-2-3-6-17-10-4-5-11(12(13,14)15)9(7-10)8-16/h4-5,7,17H,2-3,6H2,1H3. The zero-order valence-electron chi connectivity index (χ0n) is 9.43. The molecule has 0 aliphatic carbocycles. The van der Waals surface area contributed by atoms with Gasteiger partial charge in [-0.05, 0) is 24.6 Å². The number of nitrogens with zero attached hydrogens (tertiary/aromatic N) is 1. The molecular weight excluding hydrogens is 229 g/mol. The van der Waals surface area contributed by atoms with Gasteiger partial charge < -0.3 is 5.32 Å². The number of nitrogens with one attached hydrogen (secondary N) is 1. The minimum absolute atomic E-state index is 0.348. The van der Waals surface area contributed by atoms with Gasteiger partial charge in [-0.25, -0.2) is 0 Å². The van der Waals surface area contributed by atoms with Gasteiger partial charge >= 0.3 is 6.18 Å². The van der Waals surface area contributed by atoms with E-state index in [1.807, 2.05) is 6.92 Å². The second-order valence-corrected chi connectivity index (χ2v) is 3.65. The number of halogens is 3. The van der Waals surface area contributed by atoms with E-state index >= 15 is 0 Å². The van der Waals surface area contributed by atoms with Crippen LogP contribution in [0.4, 0.5) is 18.9 Å². The molecule has 0 aliphatic rings. The topological polar surface area (TPSA) is 35.8 Å². The Morgan fingerprint density at radius 2 is 2.06 bits per heavy atom. The molecule has 0 unspecified atom stereocenters. The number of hydrogen-bond acceptors (Lipinski definition) is 2. The van der Waals surface area contributed by atoms with Crippen LogP contribution in [0.25, 0.3) is 0 Å². The summed E-state index contributed by atoms with van der Waals surface area (Å²) in [5.74, 6) is 0. The third kappa shape index (κ3) is 3.66. The van der Waals surface area contributed by atoms with Crippen molar-refractivity contribution in [2.24, 2.45) is 0 Å². The third-order valence-corrected chi connectivity index (χ3v) is 2.30. The fraction of sp³-hybridized carbons (Fsp3) is 0.417. The van der Waals surface area contributed by atoms with Crippen LogP contribution in [0, 0.1) is 11.3 Å². The second kappa shape index (κ2) is 5.58.